The first-order valence-electron chi connectivity index (χ1n) is 10.2. The summed E-state index contributed by atoms with van der Waals surface area (Å²) in [5.74, 6) is -5.65. The van der Waals surface area contributed by atoms with Gasteiger partial charge in [-0.15, -0.1) is 0 Å². The van der Waals surface area contributed by atoms with Gasteiger partial charge in [0.1, 0.15) is 0 Å². The minimum Gasteiger partial charge on any atom is -0.328 e. The molecule has 5 nitrogen and oxygen atoms in total. The number of carbonyl (C=O) groups is 1. The van der Waals surface area contributed by atoms with Gasteiger partial charge in [-0.05, 0) is 56.2 Å². The van der Waals surface area contributed by atoms with Crippen molar-refractivity contribution in [2.24, 2.45) is 17.6 Å². The lowest BCUT2D eigenvalue weighted by molar-refractivity contribution is 0.102. The summed E-state index contributed by atoms with van der Waals surface area (Å²) >= 11 is 6.21. The molecule has 0 spiro atoms. The maximum Gasteiger partial charge on any atom is 0.255 e. The number of nitrogens with two attached hydrogens (primary N) is 1. The van der Waals surface area contributed by atoms with Crippen LogP contribution in [0.3, 0.4) is 0 Å². The van der Waals surface area contributed by atoms with E-state index in [1.54, 1.807) is 0 Å². The molecule has 2 unspecified atom stereocenters. The highest BCUT2D eigenvalue weighted by atomic mass is 35.5. The van der Waals surface area contributed by atoms with Crippen molar-refractivity contribution in [1.29, 1.82) is 0 Å². The van der Waals surface area contributed by atoms with E-state index in [9.17, 15) is 26.4 Å². The summed E-state index contributed by atoms with van der Waals surface area (Å²) in [6.45, 7) is 3.69. The molecule has 0 bridgehead atoms. The standard InChI is InChI=1S/C22H24ClF3N2O3S/c1-11-3-4-13(7-12(2)27)21(11)32(30,31)19-8-14(5-6-16(19)23)22(29)28-15-9-17(24)20(26)18(25)10-15/h5-6,8-13,21H,3-4,7,27H2,1-2H3,(H,28,29)/t11?,12-,13+,21?/m1/s1. The molecule has 0 saturated heterocycles. The van der Waals surface area contributed by atoms with Crippen LogP contribution in [-0.4, -0.2) is 25.6 Å². The van der Waals surface area contributed by atoms with E-state index in [0.717, 1.165) is 18.9 Å². The average Bonchev–Trinajstić information content (AvgIpc) is 3.06. The minimum atomic E-state index is -3.90. The number of carbonyl (C=O) groups excluding carboxylic acids is 1. The third-order valence-electron chi connectivity index (χ3n) is 5.79. The first kappa shape index (κ1) is 24.5. The maximum absolute atomic E-state index is 13.5. The zero-order valence-electron chi connectivity index (χ0n) is 17.5. The van der Waals surface area contributed by atoms with Gasteiger partial charge in [-0.1, -0.05) is 18.5 Å². The van der Waals surface area contributed by atoms with Gasteiger partial charge in [-0.25, -0.2) is 21.6 Å². The van der Waals surface area contributed by atoms with E-state index in [-0.39, 0.29) is 39.0 Å². The number of nitrogens with one attached hydrogen (secondary N) is 1. The van der Waals surface area contributed by atoms with E-state index < -0.39 is 38.4 Å². The van der Waals surface area contributed by atoms with Crippen LogP contribution in [0.25, 0.3) is 0 Å². The fourth-order valence-electron chi connectivity index (χ4n) is 4.40. The number of halogens is 4. The van der Waals surface area contributed by atoms with E-state index >= 15 is 0 Å². The van der Waals surface area contributed by atoms with Crippen molar-refractivity contribution in [2.45, 2.75) is 49.3 Å². The second-order valence-electron chi connectivity index (χ2n) is 8.39. The number of rotatable bonds is 6. The monoisotopic (exact) mass is 488 g/mol. The van der Waals surface area contributed by atoms with Crippen molar-refractivity contribution in [3.8, 4) is 0 Å². The SMILES string of the molecule is CC1CC[C@@H](C[C@@H](C)N)C1S(=O)(=O)c1cc(C(=O)Nc2cc(F)c(F)c(F)c2)ccc1Cl. The summed E-state index contributed by atoms with van der Waals surface area (Å²) in [7, 11) is -3.90. The van der Waals surface area contributed by atoms with Gasteiger partial charge in [0.15, 0.2) is 27.3 Å². The second-order valence-corrected chi connectivity index (χ2v) is 10.9. The van der Waals surface area contributed by atoms with Crippen molar-refractivity contribution in [2.75, 3.05) is 5.32 Å². The van der Waals surface area contributed by atoms with Gasteiger partial charge in [0.2, 0.25) is 0 Å². The first-order valence-corrected chi connectivity index (χ1v) is 12.1. The van der Waals surface area contributed by atoms with E-state index in [2.05, 4.69) is 5.32 Å². The Morgan fingerprint density at radius 1 is 1.19 bits per heavy atom. The molecule has 3 rings (SSSR count). The highest BCUT2D eigenvalue weighted by molar-refractivity contribution is 7.92. The molecule has 1 saturated carbocycles. The molecule has 1 fully saturated rings. The zero-order chi connectivity index (χ0) is 23.8. The fraction of sp³-hybridized carbons (Fsp3) is 0.409. The van der Waals surface area contributed by atoms with Crippen LogP contribution in [0.15, 0.2) is 35.2 Å². The molecule has 10 heteroatoms. The van der Waals surface area contributed by atoms with Gasteiger partial charge in [-0.3, -0.25) is 4.79 Å². The summed E-state index contributed by atoms with van der Waals surface area (Å²) in [6, 6.07) is 4.83. The van der Waals surface area contributed by atoms with Gasteiger partial charge in [0, 0.05) is 29.4 Å². The molecule has 32 heavy (non-hydrogen) atoms. The second kappa shape index (κ2) is 9.41. The number of hydrogen-bond acceptors (Lipinski definition) is 4. The van der Waals surface area contributed by atoms with Crippen LogP contribution in [0.1, 0.15) is 43.5 Å². The zero-order valence-corrected chi connectivity index (χ0v) is 19.1. The molecule has 0 heterocycles. The fourth-order valence-corrected chi connectivity index (χ4v) is 7.27. The van der Waals surface area contributed by atoms with Crippen molar-refractivity contribution in [3.63, 3.8) is 0 Å². The van der Waals surface area contributed by atoms with E-state index in [4.69, 9.17) is 17.3 Å². The third kappa shape index (κ3) is 4.94. The Kier molecular flexibility index (Phi) is 7.21. The normalized spacial score (nSPS) is 22.0. The number of amides is 1. The number of anilines is 1. The summed E-state index contributed by atoms with van der Waals surface area (Å²) in [5, 5.41) is 1.52. The Morgan fingerprint density at radius 3 is 2.41 bits per heavy atom. The molecule has 0 radical (unpaired) electrons. The molecular formula is C22H24ClF3N2O3S. The smallest absolute Gasteiger partial charge is 0.255 e. The van der Waals surface area contributed by atoms with Gasteiger partial charge < -0.3 is 11.1 Å². The van der Waals surface area contributed by atoms with Crippen LogP contribution in [-0.2, 0) is 9.84 Å². The minimum absolute atomic E-state index is 0.0286. The third-order valence-corrected chi connectivity index (χ3v) is 8.75. The number of sulfone groups is 1. The molecule has 0 aliphatic heterocycles. The van der Waals surface area contributed by atoms with Crippen LogP contribution in [0, 0.1) is 29.3 Å². The van der Waals surface area contributed by atoms with Gasteiger partial charge in [0.05, 0.1) is 15.2 Å². The van der Waals surface area contributed by atoms with Crippen molar-refractivity contribution in [1.82, 2.24) is 0 Å². The molecule has 4 atom stereocenters. The van der Waals surface area contributed by atoms with Gasteiger partial charge >= 0.3 is 0 Å². The maximum atomic E-state index is 13.5. The molecular weight excluding hydrogens is 465 g/mol. The molecule has 3 N–H and O–H groups in total. The Balaban J connectivity index is 1.93. The van der Waals surface area contributed by atoms with Crippen molar-refractivity contribution in [3.05, 3.63) is 58.4 Å². The Morgan fingerprint density at radius 2 is 1.81 bits per heavy atom. The lowest BCUT2D eigenvalue weighted by Crippen LogP contribution is -2.33. The lowest BCUT2D eigenvalue weighted by Gasteiger charge is -2.25. The molecule has 1 aliphatic carbocycles. The van der Waals surface area contributed by atoms with Crippen LogP contribution < -0.4 is 11.1 Å². The summed E-state index contributed by atoms with van der Waals surface area (Å²) in [4.78, 5) is 12.4. The lowest BCUT2D eigenvalue weighted by atomic mass is 9.98. The summed E-state index contributed by atoms with van der Waals surface area (Å²) in [6.07, 6.45) is 2.01. The van der Waals surface area contributed by atoms with E-state index in [0.29, 0.717) is 18.6 Å². The topological polar surface area (TPSA) is 89.3 Å². The van der Waals surface area contributed by atoms with Crippen LogP contribution in [0.5, 0.6) is 0 Å². The highest BCUT2D eigenvalue weighted by Crippen LogP contribution is 2.42. The summed E-state index contributed by atoms with van der Waals surface area (Å²) in [5.41, 5.74) is 5.52. The van der Waals surface area contributed by atoms with Crippen LogP contribution in [0.2, 0.25) is 5.02 Å². The Hall–Kier alpha value is -2.10. The summed E-state index contributed by atoms with van der Waals surface area (Å²) < 4.78 is 67.0. The molecule has 1 amide bonds. The Labute approximate surface area is 190 Å². The van der Waals surface area contributed by atoms with Gasteiger partial charge in [0.25, 0.3) is 5.91 Å². The van der Waals surface area contributed by atoms with E-state index in [1.807, 2.05) is 13.8 Å². The van der Waals surface area contributed by atoms with Crippen LogP contribution in [0.4, 0.5) is 18.9 Å². The van der Waals surface area contributed by atoms with Crippen molar-refractivity contribution < 1.29 is 26.4 Å². The number of benzene rings is 2. The predicted octanol–water partition coefficient (Wildman–Crippen LogP) is 4.94. The molecule has 174 valence electrons. The quantitative estimate of drug-likeness (QED) is 0.564. The van der Waals surface area contributed by atoms with Crippen LogP contribution >= 0.6 is 11.6 Å². The Bertz CT molecular complexity index is 1120. The molecule has 1 aliphatic rings. The largest absolute Gasteiger partial charge is 0.328 e. The average molecular weight is 489 g/mol. The highest BCUT2D eigenvalue weighted by Gasteiger charge is 2.44. The predicted molar refractivity (Wildman–Crippen MR) is 117 cm³/mol. The molecule has 2 aromatic rings. The molecule has 2 aromatic carbocycles. The van der Waals surface area contributed by atoms with Crippen molar-refractivity contribution >= 4 is 33.0 Å². The molecule has 0 aromatic heterocycles. The number of hydrogen-bond donors (Lipinski definition) is 2. The van der Waals surface area contributed by atoms with E-state index in [1.165, 1.54) is 12.1 Å². The van der Waals surface area contributed by atoms with Gasteiger partial charge in [-0.2, -0.15) is 0 Å². The first-order chi connectivity index (χ1) is 14.9.